The zero-order valence-corrected chi connectivity index (χ0v) is 6.59. The van der Waals surface area contributed by atoms with Crippen LogP contribution in [0, 0.1) is 6.92 Å². The van der Waals surface area contributed by atoms with Gasteiger partial charge in [-0.2, -0.15) is 0 Å². The Balaban J connectivity index is 3.31. The van der Waals surface area contributed by atoms with E-state index in [0.717, 1.165) is 17.3 Å². The first-order valence-corrected chi connectivity index (χ1v) is 3.40. The largest absolute Gasteiger partial charge is 0.509 e. The van der Waals surface area contributed by atoms with Gasteiger partial charge in [0.1, 0.15) is 19.9 Å². The highest BCUT2D eigenvalue weighted by Gasteiger charge is 2.00. The Hall–Kier alpha value is -1.25. The molecule has 0 aromatic heterocycles. The van der Waals surface area contributed by atoms with Gasteiger partial charge in [0, 0.05) is 5.56 Å². The number of carbonyl (C=O) groups excluding carboxylic acids is 1. The van der Waals surface area contributed by atoms with Gasteiger partial charge in [-0.1, -0.05) is 6.07 Å². The van der Waals surface area contributed by atoms with Crippen LogP contribution in [0.1, 0.15) is 15.9 Å². The van der Waals surface area contributed by atoms with Gasteiger partial charge in [0.25, 0.3) is 0 Å². The first-order valence-electron chi connectivity index (χ1n) is 3.40. The van der Waals surface area contributed by atoms with Gasteiger partial charge in [-0.3, -0.25) is 4.79 Å². The van der Waals surface area contributed by atoms with Gasteiger partial charge >= 0.3 is 0 Å². The SMILES string of the molecule is Bc1cc(C=O)c(C)cc1O. The van der Waals surface area contributed by atoms with E-state index in [0.29, 0.717) is 5.56 Å². The van der Waals surface area contributed by atoms with Crippen molar-refractivity contribution < 1.29 is 9.90 Å². The molecule has 56 valence electrons. The molecule has 0 amide bonds. The smallest absolute Gasteiger partial charge is 0.150 e. The van der Waals surface area contributed by atoms with E-state index in [-0.39, 0.29) is 5.75 Å². The minimum atomic E-state index is 0.244. The van der Waals surface area contributed by atoms with Crippen molar-refractivity contribution in [2.45, 2.75) is 6.92 Å². The van der Waals surface area contributed by atoms with Gasteiger partial charge in [0.2, 0.25) is 0 Å². The van der Waals surface area contributed by atoms with Gasteiger partial charge in [0.15, 0.2) is 0 Å². The van der Waals surface area contributed by atoms with Crippen molar-refractivity contribution in [1.82, 2.24) is 0 Å². The molecule has 0 spiro atoms. The molecule has 0 radical (unpaired) electrons. The second-order valence-electron chi connectivity index (χ2n) is 2.61. The van der Waals surface area contributed by atoms with Crippen molar-refractivity contribution in [3.63, 3.8) is 0 Å². The zero-order valence-electron chi connectivity index (χ0n) is 6.59. The molecule has 0 saturated heterocycles. The van der Waals surface area contributed by atoms with Crippen molar-refractivity contribution in [3.05, 3.63) is 23.3 Å². The molecule has 1 N–H and O–H groups in total. The van der Waals surface area contributed by atoms with Crippen LogP contribution in [0.3, 0.4) is 0 Å². The van der Waals surface area contributed by atoms with Crippen molar-refractivity contribution in [2.75, 3.05) is 0 Å². The molecule has 0 aliphatic heterocycles. The average Bonchev–Trinajstić information content (AvgIpc) is 1.97. The summed E-state index contributed by atoms with van der Waals surface area (Å²) in [5.41, 5.74) is 2.18. The molecular formula is C8H9BO2. The lowest BCUT2D eigenvalue weighted by Crippen LogP contribution is -2.05. The Morgan fingerprint density at radius 3 is 2.73 bits per heavy atom. The first-order chi connectivity index (χ1) is 5.15. The maximum atomic E-state index is 10.4. The topological polar surface area (TPSA) is 37.3 Å². The lowest BCUT2D eigenvalue weighted by molar-refractivity contribution is 0.112. The van der Waals surface area contributed by atoms with Crippen LogP contribution >= 0.6 is 0 Å². The predicted octanol–water partition coefficient (Wildman–Crippen LogP) is -0.228. The number of rotatable bonds is 1. The summed E-state index contributed by atoms with van der Waals surface area (Å²) in [4.78, 5) is 10.4. The van der Waals surface area contributed by atoms with Crippen LogP contribution in [0.5, 0.6) is 5.75 Å². The van der Waals surface area contributed by atoms with Crippen molar-refractivity contribution in [3.8, 4) is 5.75 Å². The van der Waals surface area contributed by atoms with Crippen molar-refractivity contribution in [1.29, 1.82) is 0 Å². The Labute approximate surface area is 66.3 Å². The van der Waals surface area contributed by atoms with E-state index in [2.05, 4.69) is 0 Å². The summed E-state index contributed by atoms with van der Waals surface area (Å²) >= 11 is 0. The number of aromatic hydroxyl groups is 1. The summed E-state index contributed by atoms with van der Waals surface area (Å²) in [7, 11) is 1.77. The lowest BCUT2D eigenvalue weighted by atomic mass is 9.91. The number of hydrogen-bond donors (Lipinski definition) is 1. The second-order valence-corrected chi connectivity index (χ2v) is 2.61. The molecule has 1 rings (SSSR count). The molecule has 11 heavy (non-hydrogen) atoms. The minimum Gasteiger partial charge on any atom is -0.509 e. The van der Waals surface area contributed by atoms with Gasteiger partial charge in [-0.05, 0) is 24.0 Å². The highest BCUT2D eigenvalue weighted by molar-refractivity contribution is 6.34. The number of aryl methyl sites for hydroxylation is 1. The van der Waals surface area contributed by atoms with Crippen LogP contribution in [-0.2, 0) is 0 Å². The summed E-state index contributed by atoms with van der Waals surface area (Å²) in [6.07, 6.45) is 0.793. The summed E-state index contributed by atoms with van der Waals surface area (Å²) in [5.74, 6) is 0.244. The molecule has 2 nitrogen and oxygen atoms in total. The highest BCUT2D eigenvalue weighted by Crippen LogP contribution is 2.10. The molecule has 0 saturated carbocycles. The van der Waals surface area contributed by atoms with Crippen LogP contribution in [0.25, 0.3) is 0 Å². The molecule has 0 bridgehead atoms. The highest BCUT2D eigenvalue weighted by atomic mass is 16.3. The monoisotopic (exact) mass is 148 g/mol. The van der Waals surface area contributed by atoms with Crippen LogP contribution in [0.4, 0.5) is 0 Å². The fraction of sp³-hybridized carbons (Fsp3) is 0.125. The van der Waals surface area contributed by atoms with Crippen LogP contribution in [0.2, 0.25) is 0 Å². The molecule has 0 atom stereocenters. The average molecular weight is 148 g/mol. The number of phenolic OH excluding ortho intramolecular Hbond substituents is 1. The molecule has 0 unspecified atom stereocenters. The summed E-state index contributed by atoms with van der Waals surface area (Å²) in [6, 6.07) is 3.27. The Morgan fingerprint density at radius 1 is 1.55 bits per heavy atom. The second kappa shape index (κ2) is 2.78. The zero-order chi connectivity index (χ0) is 8.43. The number of carbonyl (C=O) groups is 1. The minimum absolute atomic E-state index is 0.244. The van der Waals surface area contributed by atoms with Gasteiger partial charge in [-0.15, -0.1) is 0 Å². The number of aldehydes is 1. The molecule has 3 heteroatoms. The number of hydrogen-bond acceptors (Lipinski definition) is 2. The summed E-state index contributed by atoms with van der Waals surface area (Å²) in [5, 5.41) is 9.20. The molecule has 1 aromatic rings. The fourth-order valence-corrected chi connectivity index (χ4v) is 0.950. The fourth-order valence-electron chi connectivity index (χ4n) is 0.950. The van der Waals surface area contributed by atoms with Gasteiger partial charge in [0.05, 0.1) is 0 Å². The molecule has 0 aliphatic rings. The molecule has 0 aliphatic carbocycles. The Morgan fingerprint density at radius 2 is 2.18 bits per heavy atom. The van der Waals surface area contributed by atoms with E-state index in [1.807, 2.05) is 0 Å². The van der Waals surface area contributed by atoms with E-state index < -0.39 is 0 Å². The van der Waals surface area contributed by atoms with Gasteiger partial charge in [-0.25, -0.2) is 0 Å². The summed E-state index contributed by atoms with van der Waals surface area (Å²) in [6.45, 7) is 1.79. The van der Waals surface area contributed by atoms with Crippen LogP contribution in [-0.4, -0.2) is 19.2 Å². The Kier molecular flexibility index (Phi) is 1.99. The maximum Gasteiger partial charge on any atom is 0.150 e. The van der Waals surface area contributed by atoms with E-state index in [1.54, 1.807) is 26.9 Å². The van der Waals surface area contributed by atoms with Gasteiger partial charge < -0.3 is 5.11 Å². The standard InChI is InChI=1S/C8H9BO2/c1-5-2-8(11)7(9)3-6(5)4-10/h2-4,11H,9H2,1H3. The predicted molar refractivity (Wildman–Crippen MR) is 46.4 cm³/mol. The number of phenols is 1. The first kappa shape index (κ1) is 7.86. The van der Waals surface area contributed by atoms with Crippen molar-refractivity contribution in [2.24, 2.45) is 0 Å². The quantitative estimate of drug-likeness (QED) is 0.441. The third-order valence-corrected chi connectivity index (χ3v) is 1.71. The molecule has 1 aromatic carbocycles. The lowest BCUT2D eigenvalue weighted by Gasteiger charge is -2.02. The van der Waals surface area contributed by atoms with E-state index in [4.69, 9.17) is 0 Å². The summed E-state index contributed by atoms with van der Waals surface area (Å²) < 4.78 is 0. The third kappa shape index (κ3) is 1.42. The van der Waals surface area contributed by atoms with Crippen molar-refractivity contribution >= 4 is 19.6 Å². The van der Waals surface area contributed by atoms with E-state index >= 15 is 0 Å². The van der Waals surface area contributed by atoms with Crippen LogP contribution < -0.4 is 5.46 Å². The van der Waals surface area contributed by atoms with Crippen LogP contribution in [0.15, 0.2) is 12.1 Å². The van der Waals surface area contributed by atoms with E-state index in [1.165, 1.54) is 0 Å². The third-order valence-electron chi connectivity index (χ3n) is 1.71. The Bertz CT molecular complexity index is 294. The normalized spacial score (nSPS) is 9.55. The number of benzene rings is 1. The molecule has 0 fully saturated rings. The molecular weight excluding hydrogens is 139 g/mol. The maximum absolute atomic E-state index is 10.4. The van der Waals surface area contributed by atoms with E-state index in [9.17, 15) is 9.90 Å². The molecule has 0 heterocycles.